The van der Waals surface area contributed by atoms with E-state index in [0.29, 0.717) is 25.8 Å². The molecule has 0 atom stereocenters. The van der Waals surface area contributed by atoms with Crippen LogP contribution in [0.4, 0.5) is 5.69 Å². The Balaban J connectivity index is 2.25. The Hall–Kier alpha value is -1.56. The predicted molar refractivity (Wildman–Crippen MR) is 85.5 cm³/mol. The number of carbonyl (C=O) groups is 2. The van der Waals surface area contributed by atoms with Crippen LogP contribution in [0.2, 0.25) is 10.0 Å². The molecule has 0 spiro atoms. The van der Waals surface area contributed by atoms with Crippen LogP contribution in [0.1, 0.15) is 20.7 Å². The van der Waals surface area contributed by atoms with Gasteiger partial charge in [-0.05, 0) is 52.3 Å². The van der Waals surface area contributed by atoms with Gasteiger partial charge in [0.25, 0.3) is 5.91 Å². The molecular weight excluding hydrogens is 381 g/mol. The Labute approximate surface area is 138 Å². The molecule has 0 aromatic heterocycles. The fraction of sp³-hybridized carbons (Fsp3) is 0. The second-order valence-electron chi connectivity index (χ2n) is 4.11. The highest BCUT2D eigenvalue weighted by atomic mass is 79.9. The number of hydrogen-bond acceptors (Lipinski definition) is 2. The number of hydrogen-bond donors (Lipinski definition) is 2. The van der Waals surface area contributed by atoms with Crippen LogP contribution in [0.3, 0.4) is 0 Å². The quantitative estimate of drug-likeness (QED) is 0.800. The zero-order valence-electron chi connectivity index (χ0n) is 10.4. The van der Waals surface area contributed by atoms with Crippen LogP contribution in [0.15, 0.2) is 40.9 Å². The van der Waals surface area contributed by atoms with Crippen molar-refractivity contribution in [1.29, 1.82) is 0 Å². The normalized spacial score (nSPS) is 10.2. The lowest BCUT2D eigenvalue weighted by molar-refractivity contribution is 0.0696. The number of amides is 1. The van der Waals surface area contributed by atoms with Crippen LogP contribution < -0.4 is 5.32 Å². The number of halogens is 3. The van der Waals surface area contributed by atoms with Crippen LogP contribution in [0.25, 0.3) is 0 Å². The summed E-state index contributed by atoms with van der Waals surface area (Å²) in [5.74, 6) is -1.45. The standard InChI is InChI=1S/C14H8BrCl2NO3/c15-11-5-7(14(20)21)1-2-12(11)18-13(19)8-3-9(16)6-10(17)4-8/h1-6H,(H,18,19)(H,20,21). The average Bonchev–Trinajstić information content (AvgIpc) is 2.39. The van der Waals surface area contributed by atoms with Crippen LogP contribution in [0, 0.1) is 0 Å². The summed E-state index contributed by atoms with van der Waals surface area (Å²) in [5.41, 5.74) is 0.869. The molecule has 0 saturated carbocycles. The zero-order chi connectivity index (χ0) is 15.6. The summed E-state index contributed by atoms with van der Waals surface area (Å²) in [6.07, 6.45) is 0. The van der Waals surface area contributed by atoms with Crippen molar-refractivity contribution >= 4 is 56.7 Å². The van der Waals surface area contributed by atoms with E-state index < -0.39 is 11.9 Å². The van der Waals surface area contributed by atoms with E-state index in [9.17, 15) is 9.59 Å². The SMILES string of the molecule is O=C(O)c1ccc(NC(=O)c2cc(Cl)cc(Cl)c2)c(Br)c1. The molecule has 0 saturated heterocycles. The summed E-state index contributed by atoms with van der Waals surface area (Å²) in [5, 5.41) is 12.2. The summed E-state index contributed by atoms with van der Waals surface area (Å²) in [4.78, 5) is 23.0. The van der Waals surface area contributed by atoms with Crippen LogP contribution in [0.5, 0.6) is 0 Å². The first-order valence-corrected chi connectivity index (χ1v) is 7.22. The first-order valence-electron chi connectivity index (χ1n) is 5.67. The maximum atomic E-state index is 12.1. The van der Waals surface area contributed by atoms with E-state index >= 15 is 0 Å². The highest BCUT2D eigenvalue weighted by Crippen LogP contribution is 2.25. The molecule has 0 bridgehead atoms. The Morgan fingerprint density at radius 1 is 1.00 bits per heavy atom. The van der Waals surface area contributed by atoms with Crippen molar-refractivity contribution in [3.63, 3.8) is 0 Å². The van der Waals surface area contributed by atoms with Gasteiger partial charge in [-0.1, -0.05) is 23.2 Å². The molecule has 0 unspecified atom stereocenters. The average molecular weight is 389 g/mol. The Kier molecular flexibility index (Phi) is 4.88. The molecular formula is C14H8BrCl2NO3. The second-order valence-corrected chi connectivity index (χ2v) is 5.84. The number of rotatable bonds is 3. The largest absolute Gasteiger partial charge is 0.478 e. The third-order valence-corrected chi connectivity index (χ3v) is 3.68. The summed E-state index contributed by atoms with van der Waals surface area (Å²) >= 11 is 14.9. The smallest absolute Gasteiger partial charge is 0.335 e. The number of aromatic carboxylic acids is 1. The topological polar surface area (TPSA) is 66.4 Å². The van der Waals surface area contributed by atoms with E-state index in [1.165, 1.54) is 36.4 Å². The summed E-state index contributed by atoms with van der Waals surface area (Å²) in [6, 6.07) is 8.80. The molecule has 2 aromatic rings. The van der Waals surface area contributed by atoms with E-state index in [1.54, 1.807) is 0 Å². The molecule has 108 valence electrons. The van der Waals surface area contributed by atoms with Gasteiger partial charge in [-0.3, -0.25) is 4.79 Å². The Morgan fingerprint density at radius 2 is 1.62 bits per heavy atom. The molecule has 0 aliphatic carbocycles. The summed E-state index contributed by atoms with van der Waals surface area (Å²) in [6.45, 7) is 0. The van der Waals surface area contributed by atoms with Crippen molar-refractivity contribution in [1.82, 2.24) is 0 Å². The minimum absolute atomic E-state index is 0.116. The van der Waals surface area contributed by atoms with Gasteiger partial charge >= 0.3 is 5.97 Å². The molecule has 2 N–H and O–H groups in total. The van der Waals surface area contributed by atoms with Crippen molar-refractivity contribution in [2.24, 2.45) is 0 Å². The molecule has 0 radical (unpaired) electrons. The number of anilines is 1. The van der Waals surface area contributed by atoms with Gasteiger partial charge in [0.05, 0.1) is 11.3 Å². The van der Waals surface area contributed by atoms with Crippen LogP contribution >= 0.6 is 39.1 Å². The van der Waals surface area contributed by atoms with Crippen molar-refractivity contribution in [2.75, 3.05) is 5.32 Å². The fourth-order valence-corrected chi connectivity index (χ4v) is 2.63. The molecule has 7 heteroatoms. The van der Waals surface area contributed by atoms with Gasteiger partial charge in [-0.25, -0.2) is 4.79 Å². The first-order chi connectivity index (χ1) is 9.86. The maximum Gasteiger partial charge on any atom is 0.335 e. The van der Waals surface area contributed by atoms with Gasteiger partial charge < -0.3 is 10.4 Å². The van der Waals surface area contributed by atoms with Gasteiger partial charge in [-0.15, -0.1) is 0 Å². The highest BCUT2D eigenvalue weighted by molar-refractivity contribution is 9.10. The lowest BCUT2D eigenvalue weighted by Crippen LogP contribution is -2.12. The van der Waals surface area contributed by atoms with Gasteiger partial charge in [0.2, 0.25) is 0 Å². The van der Waals surface area contributed by atoms with Crippen LogP contribution in [-0.2, 0) is 0 Å². The van der Waals surface area contributed by atoms with E-state index in [-0.39, 0.29) is 5.56 Å². The monoisotopic (exact) mass is 387 g/mol. The minimum Gasteiger partial charge on any atom is -0.478 e. The van der Waals surface area contributed by atoms with Gasteiger partial charge in [0, 0.05) is 20.1 Å². The molecule has 1 amide bonds. The number of nitrogens with one attached hydrogen (secondary N) is 1. The number of carbonyl (C=O) groups excluding carboxylic acids is 1. The third kappa shape index (κ3) is 3.97. The molecule has 0 fully saturated rings. The molecule has 0 heterocycles. The molecule has 21 heavy (non-hydrogen) atoms. The molecule has 0 aliphatic heterocycles. The van der Waals surface area contributed by atoms with Crippen molar-refractivity contribution in [3.05, 3.63) is 62.0 Å². The summed E-state index contributed by atoms with van der Waals surface area (Å²) < 4.78 is 0.462. The number of carboxylic acid groups (broad SMARTS) is 1. The van der Waals surface area contributed by atoms with E-state index in [0.717, 1.165) is 0 Å². The van der Waals surface area contributed by atoms with E-state index in [2.05, 4.69) is 21.2 Å². The van der Waals surface area contributed by atoms with Gasteiger partial charge in [-0.2, -0.15) is 0 Å². The van der Waals surface area contributed by atoms with E-state index in [4.69, 9.17) is 28.3 Å². The second kappa shape index (κ2) is 6.47. The van der Waals surface area contributed by atoms with Crippen molar-refractivity contribution < 1.29 is 14.7 Å². The van der Waals surface area contributed by atoms with Crippen LogP contribution in [-0.4, -0.2) is 17.0 Å². The highest BCUT2D eigenvalue weighted by Gasteiger charge is 2.12. The third-order valence-electron chi connectivity index (χ3n) is 2.59. The maximum absolute atomic E-state index is 12.1. The van der Waals surface area contributed by atoms with Gasteiger partial charge in [0.15, 0.2) is 0 Å². The summed E-state index contributed by atoms with van der Waals surface area (Å²) in [7, 11) is 0. The fourth-order valence-electron chi connectivity index (χ4n) is 1.63. The van der Waals surface area contributed by atoms with Gasteiger partial charge in [0.1, 0.15) is 0 Å². The Morgan fingerprint density at radius 3 is 2.14 bits per heavy atom. The number of carboxylic acids is 1. The molecule has 0 aliphatic rings. The van der Waals surface area contributed by atoms with Crippen molar-refractivity contribution in [3.8, 4) is 0 Å². The lowest BCUT2D eigenvalue weighted by Gasteiger charge is -2.09. The van der Waals surface area contributed by atoms with Crippen molar-refractivity contribution in [2.45, 2.75) is 0 Å². The minimum atomic E-state index is -1.05. The predicted octanol–water partition coefficient (Wildman–Crippen LogP) is 4.71. The molecule has 2 rings (SSSR count). The molecule has 2 aromatic carbocycles. The Bertz CT molecular complexity index is 714. The lowest BCUT2D eigenvalue weighted by atomic mass is 10.2. The molecule has 4 nitrogen and oxygen atoms in total. The van der Waals surface area contributed by atoms with E-state index in [1.807, 2.05) is 0 Å². The number of benzene rings is 2. The first kappa shape index (κ1) is 15.8. The zero-order valence-corrected chi connectivity index (χ0v) is 13.5.